The smallest absolute Gasteiger partial charge is 0.314 e. The van der Waals surface area contributed by atoms with Crippen molar-refractivity contribution in [2.24, 2.45) is 5.41 Å². The van der Waals surface area contributed by atoms with Crippen molar-refractivity contribution in [1.29, 1.82) is 0 Å². The van der Waals surface area contributed by atoms with Gasteiger partial charge in [0.1, 0.15) is 5.82 Å². The number of thioether (sulfide) groups is 1. The molecule has 2 rings (SSSR count). The molecular weight excluding hydrogens is 373 g/mol. The monoisotopic (exact) mass is 401 g/mol. The SMILES string of the molecule is COC(=O)C1([C@](C)(N[S@](=O)C(C)(C)C)c2ccccc2F)CCSCC1. The van der Waals surface area contributed by atoms with Crippen molar-refractivity contribution in [3.63, 3.8) is 0 Å². The van der Waals surface area contributed by atoms with Gasteiger partial charge in [-0.05, 0) is 58.1 Å². The van der Waals surface area contributed by atoms with E-state index in [0.29, 0.717) is 18.4 Å². The Morgan fingerprint density at radius 3 is 2.31 bits per heavy atom. The summed E-state index contributed by atoms with van der Waals surface area (Å²) in [6.45, 7) is 7.32. The van der Waals surface area contributed by atoms with E-state index in [-0.39, 0.29) is 5.97 Å². The van der Waals surface area contributed by atoms with Gasteiger partial charge in [0.05, 0.1) is 33.8 Å². The van der Waals surface area contributed by atoms with E-state index in [0.717, 1.165) is 11.5 Å². The molecule has 0 spiro atoms. The van der Waals surface area contributed by atoms with E-state index in [1.165, 1.54) is 13.2 Å². The van der Waals surface area contributed by atoms with Crippen molar-refractivity contribution in [1.82, 2.24) is 4.72 Å². The lowest BCUT2D eigenvalue weighted by Crippen LogP contribution is -2.61. The quantitative estimate of drug-likeness (QED) is 0.763. The number of carbonyl (C=O) groups excluding carboxylic acids is 1. The largest absolute Gasteiger partial charge is 0.469 e. The first-order valence-corrected chi connectivity index (χ1v) is 11.0. The van der Waals surface area contributed by atoms with Gasteiger partial charge in [-0.15, -0.1) is 0 Å². The summed E-state index contributed by atoms with van der Waals surface area (Å²) in [7, 11) is -0.137. The number of nitrogens with one attached hydrogen (secondary N) is 1. The highest BCUT2D eigenvalue weighted by atomic mass is 32.2. The standard InChI is InChI=1S/C19H28FNO3S2/c1-17(2,3)26(23)21-18(4,14-8-6-7-9-15(14)20)19(16(22)24-5)10-12-25-13-11-19/h6-9,21H,10-13H2,1-5H3/t18-,26-/m1/s1. The summed E-state index contributed by atoms with van der Waals surface area (Å²) in [5.41, 5.74) is -1.81. The maximum absolute atomic E-state index is 14.8. The molecule has 0 aliphatic carbocycles. The Bertz CT molecular complexity index is 684. The van der Waals surface area contributed by atoms with Gasteiger partial charge in [-0.2, -0.15) is 11.8 Å². The van der Waals surface area contributed by atoms with Gasteiger partial charge in [0.15, 0.2) is 0 Å². The van der Waals surface area contributed by atoms with E-state index >= 15 is 0 Å². The summed E-state index contributed by atoms with van der Waals surface area (Å²) in [4.78, 5) is 13.0. The van der Waals surface area contributed by atoms with Crippen LogP contribution in [0.1, 0.15) is 46.1 Å². The maximum atomic E-state index is 14.8. The second-order valence-electron chi connectivity index (χ2n) is 7.77. The highest BCUT2D eigenvalue weighted by Crippen LogP contribution is 2.51. The number of methoxy groups -OCH3 is 1. The number of esters is 1. The molecule has 0 unspecified atom stereocenters. The van der Waals surface area contributed by atoms with Gasteiger partial charge in [-0.3, -0.25) is 4.79 Å². The lowest BCUT2D eigenvalue weighted by atomic mass is 9.63. The summed E-state index contributed by atoms with van der Waals surface area (Å²) >= 11 is 1.76. The van der Waals surface area contributed by atoms with Crippen LogP contribution in [0.3, 0.4) is 0 Å². The Hall–Kier alpha value is -0.920. The van der Waals surface area contributed by atoms with Crippen LogP contribution >= 0.6 is 11.8 Å². The number of halogens is 1. The summed E-state index contributed by atoms with van der Waals surface area (Å²) in [5.74, 6) is 0.725. The van der Waals surface area contributed by atoms with E-state index in [1.54, 1.807) is 36.9 Å². The Labute approximate surface area is 162 Å². The van der Waals surface area contributed by atoms with Crippen LogP contribution in [0.5, 0.6) is 0 Å². The zero-order valence-electron chi connectivity index (χ0n) is 16.1. The average molecular weight is 402 g/mol. The molecule has 1 aromatic carbocycles. The lowest BCUT2D eigenvalue weighted by Gasteiger charge is -2.49. The van der Waals surface area contributed by atoms with Crippen molar-refractivity contribution >= 4 is 28.7 Å². The minimum atomic E-state index is -1.49. The predicted molar refractivity (Wildman–Crippen MR) is 106 cm³/mol. The molecule has 0 bridgehead atoms. The Kier molecular flexibility index (Phi) is 6.57. The van der Waals surface area contributed by atoms with Gasteiger partial charge in [-0.1, -0.05) is 18.2 Å². The number of ether oxygens (including phenoxy) is 1. The van der Waals surface area contributed by atoms with Crippen molar-refractivity contribution < 1.29 is 18.1 Å². The van der Waals surface area contributed by atoms with E-state index in [2.05, 4.69) is 4.72 Å². The molecule has 1 aliphatic rings. The third-order valence-electron chi connectivity index (χ3n) is 5.15. The fourth-order valence-corrected chi connectivity index (χ4v) is 5.61. The van der Waals surface area contributed by atoms with Gasteiger partial charge in [-0.25, -0.2) is 13.3 Å². The van der Waals surface area contributed by atoms with Crippen LogP contribution in [-0.2, 0) is 26.1 Å². The van der Waals surface area contributed by atoms with E-state index in [9.17, 15) is 13.4 Å². The van der Waals surface area contributed by atoms with Crippen molar-refractivity contribution in [2.75, 3.05) is 18.6 Å². The molecule has 1 saturated heterocycles. The summed E-state index contributed by atoms with van der Waals surface area (Å²) < 4.78 is 35.5. The Balaban J connectivity index is 2.67. The van der Waals surface area contributed by atoms with Crippen molar-refractivity contribution in [3.8, 4) is 0 Å². The minimum absolute atomic E-state index is 0.343. The van der Waals surface area contributed by atoms with Gasteiger partial charge >= 0.3 is 5.97 Å². The Morgan fingerprint density at radius 1 is 1.23 bits per heavy atom. The van der Waals surface area contributed by atoms with Crippen LogP contribution in [0.15, 0.2) is 24.3 Å². The van der Waals surface area contributed by atoms with Crippen molar-refractivity contribution in [3.05, 3.63) is 35.6 Å². The molecule has 1 aromatic rings. The molecule has 26 heavy (non-hydrogen) atoms. The molecule has 146 valence electrons. The van der Waals surface area contributed by atoms with Crippen LogP contribution in [-0.4, -0.2) is 33.5 Å². The van der Waals surface area contributed by atoms with Gasteiger partial charge in [0.25, 0.3) is 0 Å². The van der Waals surface area contributed by atoms with Gasteiger partial charge in [0.2, 0.25) is 0 Å². The van der Waals surface area contributed by atoms with Gasteiger partial charge < -0.3 is 4.74 Å². The average Bonchev–Trinajstić information content (AvgIpc) is 2.60. The summed E-state index contributed by atoms with van der Waals surface area (Å²) in [5, 5.41) is 0. The van der Waals surface area contributed by atoms with Crippen LogP contribution in [0.4, 0.5) is 4.39 Å². The van der Waals surface area contributed by atoms with Gasteiger partial charge in [0, 0.05) is 5.56 Å². The molecule has 1 N–H and O–H groups in total. The topological polar surface area (TPSA) is 55.4 Å². The number of carbonyl (C=O) groups is 1. The zero-order chi connectivity index (χ0) is 19.6. The van der Waals surface area contributed by atoms with E-state index in [1.807, 2.05) is 20.8 Å². The first-order valence-electron chi connectivity index (χ1n) is 8.69. The molecular formula is C19H28FNO3S2. The van der Waals surface area contributed by atoms with Crippen molar-refractivity contribution in [2.45, 2.75) is 50.8 Å². The molecule has 0 amide bonds. The summed E-state index contributed by atoms with van der Waals surface area (Å²) in [6.07, 6.45) is 1.06. The third-order valence-corrected chi connectivity index (χ3v) is 7.84. The summed E-state index contributed by atoms with van der Waals surface area (Å²) in [6, 6.07) is 6.38. The molecule has 1 fully saturated rings. The highest BCUT2D eigenvalue weighted by molar-refractivity contribution is 7.99. The molecule has 0 radical (unpaired) electrons. The number of benzene rings is 1. The highest BCUT2D eigenvalue weighted by Gasteiger charge is 2.57. The number of hydrogen-bond acceptors (Lipinski definition) is 4. The number of rotatable bonds is 5. The normalized spacial score (nSPS) is 20.8. The number of hydrogen-bond donors (Lipinski definition) is 1. The molecule has 1 heterocycles. The van der Waals surface area contributed by atoms with Crippen LogP contribution in [0, 0.1) is 11.2 Å². The Morgan fingerprint density at radius 2 is 1.81 bits per heavy atom. The predicted octanol–water partition coefficient (Wildman–Crippen LogP) is 3.78. The molecule has 1 aliphatic heterocycles. The minimum Gasteiger partial charge on any atom is -0.469 e. The second kappa shape index (κ2) is 7.98. The molecule has 7 heteroatoms. The van der Waals surface area contributed by atoms with E-state index < -0.39 is 32.5 Å². The molecule has 0 aromatic heterocycles. The fourth-order valence-electron chi connectivity index (χ4n) is 3.44. The third kappa shape index (κ3) is 3.85. The van der Waals surface area contributed by atoms with E-state index in [4.69, 9.17) is 4.74 Å². The van der Waals surface area contributed by atoms with Crippen LogP contribution < -0.4 is 4.72 Å². The second-order valence-corrected chi connectivity index (χ2v) is 11.0. The fraction of sp³-hybridized carbons (Fsp3) is 0.632. The maximum Gasteiger partial charge on any atom is 0.314 e. The lowest BCUT2D eigenvalue weighted by molar-refractivity contribution is -0.159. The molecule has 4 nitrogen and oxygen atoms in total. The molecule has 2 atom stereocenters. The first-order chi connectivity index (χ1) is 12.1. The molecule has 0 saturated carbocycles. The van der Waals surface area contributed by atoms with Crippen LogP contribution in [0.25, 0.3) is 0 Å². The van der Waals surface area contributed by atoms with Crippen LogP contribution in [0.2, 0.25) is 0 Å². The first kappa shape index (κ1) is 21.4. The zero-order valence-corrected chi connectivity index (χ0v) is 17.7.